The Bertz CT molecular complexity index is 678. The second kappa shape index (κ2) is 6.53. The van der Waals surface area contributed by atoms with Crippen LogP contribution in [0.5, 0.6) is 11.5 Å². The van der Waals surface area contributed by atoms with E-state index in [9.17, 15) is 0 Å². The molecule has 0 aromatic heterocycles. The van der Waals surface area contributed by atoms with Crippen molar-refractivity contribution in [3.63, 3.8) is 0 Å². The van der Waals surface area contributed by atoms with Crippen LogP contribution in [0.1, 0.15) is 11.1 Å². The molecule has 5 nitrogen and oxygen atoms in total. The van der Waals surface area contributed by atoms with E-state index in [0.717, 1.165) is 22.7 Å². The fourth-order valence-corrected chi connectivity index (χ4v) is 2.01. The van der Waals surface area contributed by atoms with Crippen molar-refractivity contribution < 1.29 is 9.47 Å². The SMILES string of the molecule is COc1ccc(CNc2cccc(C#N)c2N)c(OC)c1. The number of ether oxygens (including phenoxy) is 2. The number of nitrogens with one attached hydrogen (secondary N) is 1. The van der Waals surface area contributed by atoms with Crippen LogP contribution in [0.3, 0.4) is 0 Å². The van der Waals surface area contributed by atoms with Gasteiger partial charge in [0.2, 0.25) is 0 Å². The largest absolute Gasteiger partial charge is 0.497 e. The first-order chi connectivity index (χ1) is 10.2. The Morgan fingerprint density at radius 2 is 2.00 bits per heavy atom. The molecule has 0 amide bonds. The lowest BCUT2D eigenvalue weighted by Gasteiger charge is -2.13. The van der Waals surface area contributed by atoms with Crippen molar-refractivity contribution in [2.24, 2.45) is 0 Å². The van der Waals surface area contributed by atoms with Gasteiger partial charge in [-0.3, -0.25) is 0 Å². The number of methoxy groups -OCH3 is 2. The van der Waals surface area contributed by atoms with Crippen molar-refractivity contribution in [2.45, 2.75) is 6.54 Å². The van der Waals surface area contributed by atoms with E-state index < -0.39 is 0 Å². The van der Waals surface area contributed by atoms with Gasteiger partial charge in [0.25, 0.3) is 0 Å². The van der Waals surface area contributed by atoms with E-state index in [1.165, 1.54) is 0 Å². The van der Waals surface area contributed by atoms with Gasteiger partial charge in [-0.25, -0.2) is 0 Å². The molecule has 2 aromatic carbocycles. The lowest BCUT2D eigenvalue weighted by Crippen LogP contribution is -2.05. The number of para-hydroxylation sites is 1. The summed E-state index contributed by atoms with van der Waals surface area (Å²) < 4.78 is 10.5. The summed E-state index contributed by atoms with van der Waals surface area (Å²) in [6.45, 7) is 0.534. The summed E-state index contributed by atoms with van der Waals surface area (Å²) in [6, 6.07) is 13.0. The van der Waals surface area contributed by atoms with Crippen molar-refractivity contribution in [3.8, 4) is 17.6 Å². The topological polar surface area (TPSA) is 80.3 Å². The molecular formula is C16H17N3O2. The van der Waals surface area contributed by atoms with Gasteiger partial charge in [-0.15, -0.1) is 0 Å². The van der Waals surface area contributed by atoms with Gasteiger partial charge in [-0.2, -0.15) is 5.26 Å². The predicted molar refractivity (Wildman–Crippen MR) is 82.4 cm³/mol. The highest BCUT2D eigenvalue weighted by Gasteiger charge is 2.07. The second-order valence-corrected chi connectivity index (χ2v) is 4.41. The summed E-state index contributed by atoms with van der Waals surface area (Å²) in [5.74, 6) is 1.47. The highest BCUT2D eigenvalue weighted by Crippen LogP contribution is 2.27. The number of anilines is 2. The van der Waals surface area contributed by atoms with Crippen molar-refractivity contribution >= 4 is 11.4 Å². The minimum Gasteiger partial charge on any atom is -0.497 e. The van der Waals surface area contributed by atoms with Crippen molar-refractivity contribution in [1.29, 1.82) is 5.26 Å². The van der Waals surface area contributed by atoms with Gasteiger partial charge in [0.15, 0.2) is 0 Å². The van der Waals surface area contributed by atoms with Gasteiger partial charge in [-0.05, 0) is 24.3 Å². The molecule has 2 rings (SSSR count). The molecule has 2 aromatic rings. The van der Waals surface area contributed by atoms with Crippen molar-refractivity contribution in [3.05, 3.63) is 47.5 Å². The first kappa shape index (κ1) is 14.5. The maximum Gasteiger partial charge on any atom is 0.127 e. The summed E-state index contributed by atoms with van der Waals surface area (Å²) in [5.41, 5.74) is 8.55. The third-order valence-electron chi connectivity index (χ3n) is 3.19. The first-order valence-corrected chi connectivity index (χ1v) is 6.43. The number of rotatable bonds is 5. The number of nitriles is 1. The van der Waals surface area contributed by atoms with E-state index in [1.807, 2.05) is 24.3 Å². The molecule has 0 atom stereocenters. The molecule has 0 aliphatic carbocycles. The molecule has 0 radical (unpaired) electrons. The minimum atomic E-state index is 0.451. The van der Waals surface area contributed by atoms with Crippen LogP contribution in [0.25, 0.3) is 0 Å². The lowest BCUT2D eigenvalue weighted by molar-refractivity contribution is 0.391. The van der Waals surface area contributed by atoms with Crippen LogP contribution in [-0.4, -0.2) is 14.2 Å². The fourth-order valence-electron chi connectivity index (χ4n) is 2.01. The number of nitrogens with two attached hydrogens (primary N) is 1. The van der Waals surface area contributed by atoms with Crippen molar-refractivity contribution in [2.75, 3.05) is 25.3 Å². The van der Waals surface area contributed by atoms with Crippen LogP contribution in [-0.2, 0) is 6.54 Å². The Morgan fingerprint density at radius 3 is 2.67 bits per heavy atom. The molecule has 0 saturated heterocycles. The summed E-state index contributed by atoms with van der Waals surface area (Å²) >= 11 is 0. The van der Waals surface area contributed by atoms with Crippen LogP contribution in [0.15, 0.2) is 36.4 Å². The number of nitrogens with zero attached hydrogens (tertiary/aromatic N) is 1. The van der Waals surface area contributed by atoms with Crippen LogP contribution >= 0.6 is 0 Å². The summed E-state index contributed by atoms with van der Waals surface area (Å²) in [6.07, 6.45) is 0. The predicted octanol–water partition coefficient (Wildman–Crippen LogP) is 2.77. The number of nitrogen functional groups attached to an aromatic ring is 1. The molecule has 0 bridgehead atoms. The molecular weight excluding hydrogens is 266 g/mol. The molecule has 0 saturated carbocycles. The smallest absolute Gasteiger partial charge is 0.127 e. The van der Waals surface area contributed by atoms with Gasteiger partial charge in [-0.1, -0.05) is 6.07 Å². The number of hydrogen-bond donors (Lipinski definition) is 2. The van der Waals surface area contributed by atoms with Crippen LogP contribution < -0.4 is 20.5 Å². The van der Waals surface area contributed by atoms with E-state index in [-0.39, 0.29) is 0 Å². The fraction of sp³-hybridized carbons (Fsp3) is 0.188. The van der Waals surface area contributed by atoms with E-state index in [2.05, 4.69) is 11.4 Å². The van der Waals surface area contributed by atoms with E-state index in [0.29, 0.717) is 17.8 Å². The zero-order chi connectivity index (χ0) is 15.2. The monoisotopic (exact) mass is 283 g/mol. The molecule has 3 N–H and O–H groups in total. The number of benzene rings is 2. The van der Waals surface area contributed by atoms with E-state index >= 15 is 0 Å². The van der Waals surface area contributed by atoms with Crippen LogP contribution in [0, 0.1) is 11.3 Å². The van der Waals surface area contributed by atoms with E-state index in [1.54, 1.807) is 26.4 Å². The molecule has 5 heteroatoms. The highest BCUT2D eigenvalue weighted by atomic mass is 16.5. The standard InChI is InChI=1S/C16H17N3O2/c1-20-13-7-6-12(15(8-13)21-2)10-19-14-5-3-4-11(9-17)16(14)18/h3-8,19H,10,18H2,1-2H3. The Labute approximate surface area is 123 Å². The molecule has 21 heavy (non-hydrogen) atoms. The Balaban J connectivity index is 2.19. The summed E-state index contributed by atoms with van der Waals surface area (Å²) in [7, 11) is 3.23. The van der Waals surface area contributed by atoms with Gasteiger partial charge in [0.05, 0.1) is 31.2 Å². The molecule has 0 aliphatic rings. The second-order valence-electron chi connectivity index (χ2n) is 4.41. The van der Waals surface area contributed by atoms with Gasteiger partial charge in [0.1, 0.15) is 17.6 Å². The Kier molecular flexibility index (Phi) is 4.52. The highest BCUT2D eigenvalue weighted by molar-refractivity contribution is 5.72. The lowest BCUT2D eigenvalue weighted by atomic mass is 10.1. The third-order valence-corrected chi connectivity index (χ3v) is 3.19. The Hall–Kier alpha value is -2.87. The molecule has 0 aliphatic heterocycles. The summed E-state index contributed by atoms with van der Waals surface area (Å²) in [5, 5.41) is 12.2. The minimum absolute atomic E-state index is 0.451. The van der Waals surface area contributed by atoms with Gasteiger partial charge in [0, 0.05) is 18.2 Å². The maximum absolute atomic E-state index is 8.98. The van der Waals surface area contributed by atoms with Crippen LogP contribution in [0.2, 0.25) is 0 Å². The van der Waals surface area contributed by atoms with Crippen LogP contribution in [0.4, 0.5) is 11.4 Å². The molecule has 0 spiro atoms. The molecule has 0 heterocycles. The average molecular weight is 283 g/mol. The van der Waals surface area contributed by atoms with Gasteiger partial charge < -0.3 is 20.5 Å². The third kappa shape index (κ3) is 3.18. The number of hydrogen-bond acceptors (Lipinski definition) is 5. The van der Waals surface area contributed by atoms with Crippen molar-refractivity contribution in [1.82, 2.24) is 0 Å². The van der Waals surface area contributed by atoms with E-state index in [4.69, 9.17) is 20.5 Å². The first-order valence-electron chi connectivity index (χ1n) is 6.43. The maximum atomic E-state index is 8.98. The zero-order valence-corrected chi connectivity index (χ0v) is 12.0. The quantitative estimate of drug-likeness (QED) is 0.825. The molecule has 0 unspecified atom stereocenters. The Morgan fingerprint density at radius 1 is 1.19 bits per heavy atom. The normalized spacial score (nSPS) is 9.76. The molecule has 108 valence electrons. The average Bonchev–Trinajstić information content (AvgIpc) is 2.53. The zero-order valence-electron chi connectivity index (χ0n) is 12.0. The molecule has 0 fully saturated rings. The van der Waals surface area contributed by atoms with Gasteiger partial charge >= 0.3 is 0 Å². The summed E-state index contributed by atoms with van der Waals surface area (Å²) in [4.78, 5) is 0.